The Morgan fingerprint density at radius 2 is 1.84 bits per heavy atom. The van der Waals surface area contributed by atoms with Gasteiger partial charge in [-0.05, 0) is 55.5 Å². The monoisotopic (exact) mass is 452 g/mol. The molecule has 0 fully saturated rings. The van der Waals surface area contributed by atoms with Gasteiger partial charge in [-0.15, -0.1) is 11.3 Å². The molecule has 0 spiro atoms. The minimum atomic E-state index is -0.433. The van der Waals surface area contributed by atoms with E-state index in [0.29, 0.717) is 22.9 Å². The zero-order valence-electron chi connectivity index (χ0n) is 16.8. The summed E-state index contributed by atoms with van der Waals surface area (Å²) < 4.78 is 21.9. The lowest BCUT2D eigenvalue weighted by Crippen LogP contribution is -2.23. The summed E-state index contributed by atoms with van der Waals surface area (Å²) in [5, 5.41) is 1.16. The van der Waals surface area contributed by atoms with E-state index in [2.05, 4.69) is 0 Å². The summed E-state index contributed by atoms with van der Waals surface area (Å²) in [6.45, 7) is 0.459. The van der Waals surface area contributed by atoms with Gasteiger partial charge in [-0.1, -0.05) is 42.1 Å². The average molecular weight is 453 g/mol. The van der Waals surface area contributed by atoms with Crippen LogP contribution in [-0.4, -0.2) is 21.9 Å². The van der Waals surface area contributed by atoms with Crippen LogP contribution in [0.3, 0.4) is 0 Å². The smallest absolute Gasteiger partial charge is 0.267 e. The minimum Gasteiger partial charge on any atom is -0.493 e. The van der Waals surface area contributed by atoms with Gasteiger partial charge in [-0.25, -0.2) is 9.37 Å². The van der Waals surface area contributed by atoms with Crippen molar-refractivity contribution in [1.82, 2.24) is 9.55 Å². The summed E-state index contributed by atoms with van der Waals surface area (Å²) in [6, 6.07) is 16.0. The van der Waals surface area contributed by atoms with E-state index >= 15 is 0 Å². The van der Waals surface area contributed by atoms with Gasteiger partial charge in [-0.3, -0.25) is 9.36 Å². The molecule has 0 saturated carbocycles. The van der Waals surface area contributed by atoms with Crippen LogP contribution in [0.4, 0.5) is 4.39 Å². The maximum Gasteiger partial charge on any atom is 0.267 e. The predicted molar refractivity (Wildman–Crippen MR) is 124 cm³/mol. The molecule has 1 aliphatic carbocycles. The summed E-state index contributed by atoms with van der Waals surface area (Å²) >= 11 is 3.02. The summed E-state index contributed by atoms with van der Waals surface area (Å²) in [5.41, 5.74) is 1.17. The van der Waals surface area contributed by atoms with Crippen LogP contribution in [0.5, 0.6) is 5.75 Å². The van der Waals surface area contributed by atoms with Gasteiger partial charge in [0.25, 0.3) is 5.56 Å². The lowest BCUT2D eigenvalue weighted by Gasteiger charge is -2.14. The van der Waals surface area contributed by atoms with Crippen LogP contribution in [-0.2, 0) is 12.8 Å². The maximum absolute atomic E-state index is 14.7. The summed E-state index contributed by atoms with van der Waals surface area (Å²) in [6.07, 6.45) is 4.09. The van der Waals surface area contributed by atoms with Crippen molar-refractivity contribution >= 4 is 33.3 Å². The number of hydrogen-bond donors (Lipinski definition) is 0. The second-order valence-corrected chi connectivity index (χ2v) is 9.53. The van der Waals surface area contributed by atoms with Gasteiger partial charge in [0.05, 0.1) is 17.7 Å². The number of hydrogen-bond acceptors (Lipinski definition) is 5. The molecule has 31 heavy (non-hydrogen) atoms. The number of nitrogens with zero attached hydrogens (tertiary/aromatic N) is 2. The van der Waals surface area contributed by atoms with E-state index in [-0.39, 0.29) is 11.2 Å². The van der Waals surface area contributed by atoms with Crippen molar-refractivity contribution in [3.8, 4) is 11.4 Å². The zero-order chi connectivity index (χ0) is 21.2. The number of aryl methyl sites for hydroxylation is 2. The Labute approximate surface area is 187 Å². The van der Waals surface area contributed by atoms with Crippen LogP contribution in [0.25, 0.3) is 15.9 Å². The SMILES string of the molecule is O=c1c2c3c(sc2nc(SCCOc2ccccc2)n1-c1ccccc1F)CCCC3. The summed E-state index contributed by atoms with van der Waals surface area (Å²) in [5.74, 6) is 0.952. The molecular formula is C24H21FN2O2S2. The fraction of sp³-hybridized carbons (Fsp3) is 0.250. The highest BCUT2D eigenvalue weighted by Gasteiger charge is 2.23. The quantitative estimate of drug-likeness (QED) is 0.216. The first-order chi connectivity index (χ1) is 15.2. The molecule has 0 bridgehead atoms. The summed E-state index contributed by atoms with van der Waals surface area (Å²) in [7, 11) is 0. The number of aromatic nitrogens is 2. The van der Waals surface area contributed by atoms with Crippen molar-refractivity contribution < 1.29 is 9.13 Å². The van der Waals surface area contributed by atoms with E-state index in [1.165, 1.54) is 27.3 Å². The molecule has 2 aromatic carbocycles. The molecule has 0 unspecified atom stereocenters. The van der Waals surface area contributed by atoms with Crippen LogP contribution in [0.1, 0.15) is 23.3 Å². The third-order valence-electron chi connectivity index (χ3n) is 5.38. The van der Waals surface area contributed by atoms with Crippen LogP contribution in [0.2, 0.25) is 0 Å². The number of para-hydroxylation sites is 2. The fourth-order valence-electron chi connectivity index (χ4n) is 3.94. The number of halogens is 1. The van der Waals surface area contributed by atoms with E-state index < -0.39 is 5.82 Å². The second kappa shape index (κ2) is 8.85. The Morgan fingerprint density at radius 3 is 2.68 bits per heavy atom. The number of thiophene rings is 1. The van der Waals surface area contributed by atoms with Gasteiger partial charge in [0.2, 0.25) is 0 Å². The highest BCUT2D eigenvalue weighted by atomic mass is 32.2. The first-order valence-corrected chi connectivity index (χ1v) is 12.2. The molecule has 0 N–H and O–H groups in total. The van der Waals surface area contributed by atoms with E-state index in [1.54, 1.807) is 29.5 Å². The van der Waals surface area contributed by atoms with Gasteiger partial charge in [0.15, 0.2) is 5.16 Å². The van der Waals surface area contributed by atoms with Gasteiger partial charge >= 0.3 is 0 Å². The molecule has 0 radical (unpaired) electrons. The van der Waals surface area contributed by atoms with Crippen molar-refractivity contribution in [3.05, 3.63) is 81.2 Å². The maximum atomic E-state index is 14.7. The van der Waals surface area contributed by atoms with Crippen LogP contribution >= 0.6 is 23.1 Å². The molecule has 2 heterocycles. The van der Waals surface area contributed by atoms with Crippen LogP contribution in [0.15, 0.2) is 64.5 Å². The standard InChI is InChI=1S/C24H21FN2O2S2/c25-18-11-5-6-12-19(18)27-23(28)21-17-10-4-7-13-20(17)31-22(21)26-24(27)30-15-14-29-16-8-2-1-3-9-16/h1-3,5-6,8-9,11-12H,4,7,10,13-15H2. The normalized spacial score (nSPS) is 13.3. The number of rotatable bonds is 6. The topological polar surface area (TPSA) is 44.1 Å². The highest BCUT2D eigenvalue weighted by molar-refractivity contribution is 7.99. The Kier molecular flexibility index (Phi) is 5.78. The number of thioether (sulfide) groups is 1. The van der Waals surface area contributed by atoms with Crippen molar-refractivity contribution in [3.63, 3.8) is 0 Å². The molecule has 2 aromatic heterocycles. The molecule has 158 valence electrons. The van der Waals surface area contributed by atoms with Crippen molar-refractivity contribution in [2.24, 2.45) is 0 Å². The Balaban J connectivity index is 1.53. The predicted octanol–water partition coefficient (Wildman–Crippen LogP) is 5.64. The molecule has 4 nitrogen and oxygen atoms in total. The first-order valence-electron chi connectivity index (χ1n) is 10.4. The third kappa shape index (κ3) is 4.00. The molecule has 0 amide bonds. The molecule has 0 atom stereocenters. The lowest BCUT2D eigenvalue weighted by atomic mass is 9.97. The lowest BCUT2D eigenvalue weighted by molar-refractivity contribution is 0.344. The molecule has 0 aliphatic heterocycles. The summed E-state index contributed by atoms with van der Waals surface area (Å²) in [4.78, 5) is 20.4. The van der Waals surface area contributed by atoms with Gasteiger partial charge in [-0.2, -0.15) is 0 Å². The minimum absolute atomic E-state index is 0.180. The van der Waals surface area contributed by atoms with Crippen molar-refractivity contribution in [2.45, 2.75) is 30.8 Å². The second-order valence-electron chi connectivity index (χ2n) is 7.39. The molecule has 4 aromatic rings. The molecule has 0 saturated heterocycles. The van der Waals surface area contributed by atoms with Gasteiger partial charge < -0.3 is 4.74 Å². The van der Waals surface area contributed by atoms with Crippen LogP contribution in [0, 0.1) is 5.82 Å². The Hall–Kier alpha value is -2.64. The molecule has 1 aliphatic rings. The van der Waals surface area contributed by atoms with E-state index in [1.807, 2.05) is 30.3 Å². The number of benzene rings is 2. The van der Waals surface area contributed by atoms with E-state index in [0.717, 1.165) is 41.8 Å². The first kappa shape index (κ1) is 20.3. The van der Waals surface area contributed by atoms with Crippen LogP contribution < -0.4 is 10.3 Å². The van der Waals surface area contributed by atoms with Crippen molar-refractivity contribution in [2.75, 3.05) is 12.4 Å². The molecular weight excluding hydrogens is 431 g/mol. The molecule has 7 heteroatoms. The number of ether oxygens (including phenoxy) is 1. The molecule has 5 rings (SSSR count). The fourth-order valence-corrected chi connectivity index (χ4v) is 6.06. The zero-order valence-corrected chi connectivity index (χ0v) is 18.5. The van der Waals surface area contributed by atoms with Gasteiger partial charge in [0, 0.05) is 10.6 Å². The third-order valence-corrected chi connectivity index (χ3v) is 7.47. The highest BCUT2D eigenvalue weighted by Crippen LogP contribution is 2.35. The number of fused-ring (bicyclic) bond motifs is 3. The Bertz CT molecular complexity index is 1280. The Morgan fingerprint density at radius 1 is 1.06 bits per heavy atom. The van der Waals surface area contributed by atoms with Gasteiger partial charge in [0.1, 0.15) is 16.4 Å². The largest absolute Gasteiger partial charge is 0.493 e. The van der Waals surface area contributed by atoms with E-state index in [9.17, 15) is 9.18 Å². The van der Waals surface area contributed by atoms with E-state index in [4.69, 9.17) is 9.72 Å². The van der Waals surface area contributed by atoms with Crippen molar-refractivity contribution in [1.29, 1.82) is 0 Å². The average Bonchev–Trinajstić information content (AvgIpc) is 3.17.